The van der Waals surface area contributed by atoms with Crippen LogP contribution in [0.2, 0.25) is 0 Å². The van der Waals surface area contributed by atoms with Gasteiger partial charge in [0, 0.05) is 0 Å². The van der Waals surface area contributed by atoms with Gasteiger partial charge in [-0.3, -0.25) is 0 Å². The molecule has 0 saturated carbocycles. The summed E-state index contributed by atoms with van der Waals surface area (Å²) in [4.78, 5) is 19.9. The maximum Gasteiger partial charge on any atom is -0.0793 e. The third-order valence-electron chi connectivity index (χ3n) is 2.33. The van der Waals surface area contributed by atoms with Gasteiger partial charge in [0.2, 0.25) is 0 Å². The molecule has 0 aliphatic carbocycles. The first kappa shape index (κ1) is 33.2. The van der Waals surface area contributed by atoms with E-state index in [1.54, 1.807) is 0 Å². The summed E-state index contributed by atoms with van der Waals surface area (Å²) in [7, 11) is 5.50. The number of nitrogens with zero attached hydrogens (tertiary/aromatic N) is 4. The number of carbonyl (C=O) groups is 2. The molecule has 0 rings (SSSR count). The zero-order valence-electron chi connectivity index (χ0n) is 19.0. The van der Waals surface area contributed by atoms with Crippen molar-refractivity contribution in [2.24, 2.45) is 3.34 Å². The van der Waals surface area contributed by atoms with Gasteiger partial charge in [0.25, 0.3) is 0 Å². The van der Waals surface area contributed by atoms with Crippen molar-refractivity contribution < 1.29 is 35.2 Å². The van der Waals surface area contributed by atoms with E-state index in [4.69, 9.17) is 0 Å². The molecule has 0 unspecified atom stereocenters. The zero-order chi connectivity index (χ0) is 22.2. The molecule has 1 amide bonds. The number of hydrogen-bond acceptors (Lipinski definition) is 3. The van der Waals surface area contributed by atoms with Crippen LogP contribution in [-0.2, 0) is 30.4 Å². The van der Waals surface area contributed by atoms with Gasteiger partial charge >= 0.3 is 57.5 Å². The van der Waals surface area contributed by atoms with E-state index in [1.165, 1.54) is 0 Å². The Labute approximate surface area is 173 Å². The maximum absolute atomic E-state index is 10.0. The average Bonchev–Trinajstić information content (AvgIpc) is 2.46. The topological polar surface area (TPSA) is 98.0 Å². The van der Waals surface area contributed by atoms with Crippen LogP contribution in [0.4, 0.5) is 4.79 Å². The Morgan fingerprint density at radius 1 is 0.731 bits per heavy atom. The summed E-state index contributed by atoms with van der Waals surface area (Å²) in [5.41, 5.74) is 0.500. The molecule has 0 spiro atoms. The maximum atomic E-state index is 10.0. The molecule has 157 valence electrons. The van der Waals surface area contributed by atoms with Crippen molar-refractivity contribution in [2.75, 3.05) is 21.1 Å². The molecule has 0 N–H and O–H groups in total. The number of carbonyl (C=O) groups excluding carboxylic acids is 2. The van der Waals surface area contributed by atoms with Crippen LogP contribution in [0.5, 0.6) is 0 Å². The van der Waals surface area contributed by atoms with Crippen molar-refractivity contribution in [2.45, 2.75) is 85.9 Å². The second kappa shape index (κ2) is 16.7. The number of rotatable bonds is 0. The minimum atomic E-state index is -0.827. The second-order valence-electron chi connectivity index (χ2n) is 8.14. The van der Waals surface area contributed by atoms with E-state index in [-0.39, 0.29) is 16.6 Å². The van der Waals surface area contributed by atoms with Crippen LogP contribution in [-0.4, -0.2) is 49.8 Å². The Kier molecular flexibility index (Phi) is 21.3. The Morgan fingerprint density at radius 3 is 0.962 bits per heavy atom. The average molecular weight is 452 g/mol. The third-order valence-corrected chi connectivity index (χ3v) is 2.73. The number of esters is 1. The Hall–Kier alpha value is -0.440. The molecule has 0 aromatic carbocycles. The first-order valence-electron chi connectivity index (χ1n) is 8.25. The van der Waals surface area contributed by atoms with Gasteiger partial charge in [0.15, 0.2) is 0 Å². The third kappa shape index (κ3) is 56.6. The summed E-state index contributed by atoms with van der Waals surface area (Å²) in [6.07, 6.45) is -0.827. The van der Waals surface area contributed by atoms with E-state index < -0.39 is 12.1 Å². The molecule has 0 aromatic rings. The van der Waals surface area contributed by atoms with E-state index in [9.17, 15) is 9.59 Å². The van der Waals surface area contributed by atoms with E-state index in [2.05, 4.69) is 86.3 Å². The molecular formula is C18H39N4NbO3-3. The normalized spacial score (nSPS) is 10.6. The van der Waals surface area contributed by atoms with Crippen molar-refractivity contribution in [1.29, 1.82) is 0 Å². The van der Waals surface area contributed by atoms with Crippen LogP contribution in [0.15, 0.2) is 3.34 Å². The molecule has 26 heavy (non-hydrogen) atoms. The van der Waals surface area contributed by atoms with Gasteiger partial charge in [-0.2, -0.15) is 21.1 Å². The molecule has 0 atom stereocenters. The van der Waals surface area contributed by atoms with Crippen molar-refractivity contribution in [1.82, 2.24) is 0 Å². The summed E-state index contributed by atoms with van der Waals surface area (Å²) < 4.78 is 7.06. The number of amides is 1. The summed E-state index contributed by atoms with van der Waals surface area (Å²) in [5, 5.41) is 12.1. The molecular weight excluding hydrogens is 413 g/mol. The van der Waals surface area contributed by atoms with Gasteiger partial charge in [-0.25, -0.2) is 0 Å². The van der Waals surface area contributed by atoms with Crippen LogP contribution >= 0.6 is 0 Å². The zero-order valence-corrected chi connectivity index (χ0v) is 21.2. The summed E-state index contributed by atoms with van der Waals surface area (Å²) in [6.45, 7) is 19.8. The SMILES string of the molecule is CC(=O)OC(=O)[N]=[Nb].C[N-]C(C)(C)C.C[N-]C(C)(C)C.C[N-]C(C)(C)C. The predicted molar refractivity (Wildman–Crippen MR) is 107 cm³/mol. The van der Waals surface area contributed by atoms with Crippen molar-refractivity contribution in [3.8, 4) is 0 Å². The molecule has 7 nitrogen and oxygen atoms in total. The standard InChI is InChI=1S/3C5H12N.C3H3NO3.Nb/c3*1-5(2,3)6-4;1-2(5)7-3(4)6;/h3*1-4H3;1H3;/q3*-1;;. The molecule has 0 aliphatic heterocycles. The van der Waals surface area contributed by atoms with Gasteiger partial charge in [-0.05, 0) is 0 Å². The summed E-state index contributed by atoms with van der Waals surface area (Å²) >= 11 is 0.939. The molecule has 0 heterocycles. The first-order chi connectivity index (χ1) is 11.3. The van der Waals surface area contributed by atoms with Gasteiger partial charge < -0.3 is 16.0 Å². The van der Waals surface area contributed by atoms with Gasteiger partial charge in [-0.15, -0.1) is 16.6 Å². The fourth-order valence-corrected chi connectivity index (χ4v) is 0.244. The van der Waals surface area contributed by atoms with Gasteiger partial charge in [0.1, 0.15) is 0 Å². The largest absolute Gasteiger partial charge is 0.660 e. The van der Waals surface area contributed by atoms with Crippen LogP contribution in [0.1, 0.15) is 69.2 Å². The van der Waals surface area contributed by atoms with Crippen LogP contribution in [0.25, 0.3) is 16.0 Å². The molecule has 0 bridgehead atoms. The smallest absolute Gasteiger partial charge is 0.0793 e. The first-order valence-corrected chi connectivity index (χ1v) is 9.24. The second-order valence-corrected chi connectivity index (χ2v) is 8.63. The summed E-state index contributed by atoms with van der Waals surface area (Å²) in [6, 6.07) is 0. The summed E-state index contributed by atoms with van der Waals surface area (Å²) in [5.74, 6) is -0.630. The monoisotopic (exact) mass is 452 g/mol. The minimum Gasteiger partial charge on any atom is -0.660 e. The Morgan fingerprint density at radius 2 is 0.923 bits per heavy atom. The Bertz CT molecular complexity index is 348. The minimum absolute atomic E-state index is 0.167. The van der Waals surface area contributed by atoms with Gasteiger partial charge in [-0.1, -0.05) is 62.3 Å². The van der Waals surface area contributed by atoms with E-state index in [1.807, 2.05) is 21.1 Å². The van der Waals surface area contributed by atoms with Gasteiger partial charge in [0.05, 0.1) is 0 Å². The molecule has 0 saturated heterocycles. The molecule has 0 aromatic heterocycles. The number of hydrogen-bond donors (Lipinski definition) is 0. The Balaban J connectivity index is -0.000000125. The quantitative estimate of drug-likeness (QED) is 0.265. The van der Waals surface area contributed by atoms with Crippen LogP contribution in [0, 0.1) is 0 Å². The van der Waals surface area contributed by atoms with Crippen molar-refractivity contribution >= 4 is 12.1 Å². The number of ether oxygens (including phenoxy) is 1. The van der Waals surface area contributed by atoms with E-state index in [0.717, 1.165) is 27.8 Å². The molecule has 0 radical (unpaired) electrons. The van der Waals surface area contributed by atoms with E-state index >= 15 is 0 Å². The van der Waals surface area contributed by atoms with E-state index in [0.29, 0.717) is 0 Å². The van der Waals surface area contributed by atoms with Crippen molar-refractivity contribution in [3.05, 3.63) is 16.0 Å². The molecule has 8 heteroatoms. The fraction of sp³-hybridized carbons (Fsp3) is 0.889. The van der Waals surface area contributed by atoms with Crippen LogP contribution in [0.3, 0.4) is 0 Å². The van der Waals surface area contributed by atoms with Crippen LogP contribution < -0.4 is 0 Å². The fourth-order valence-electron chi connectivity index (χ4n) is 0.143. The van der Waals surface area contributed by atoms with Crippen molar-refractivity contribution in [3.63, 3.8) is 0 Å². The molecule has 0 fully saturated rings. The predicted octanol–water partition coefficient (Wildman–Crippen LogP) is 5.77. The molecule has 0 aliphatic rings.